The molecule has 0 saturated heterocycles. The molecule has 0 fully saturated rings. The molecule has 1 atom stereocenters. The smallest absolute Gasteiger partial charge is 0.343 e. The van der Waals surface area contributed by atoms with Gasteiger partial charge in [0.25, 0.3) is 5.91 Å². The number of aryl methyl sites for hydroxylation is 2. The van der Waals surface area contributed by atoms with Crippen molar-refractivity contribution in [1.29, 1.82) is 0 Å². The summed E-state index contributed by atoms with van der Waals surface area (Å²) >= 11 is 9.36. The number of aromatic nitrogens is 2. The van der Waals surface area contributed by atoms with Crippen LogP contribution in [0.3, 0.4) is 0 Å². The van der Waals surface area contributed by atoms with Crippen LogP contribution in [-0.2, 0) is 16.6 Å². The molecule has 24 heavy (non-hydrogen) atoms. The van der Waals surface area contributed by atoms with Gasteiger partial charge in [0.05, 0.1) is 11.7 Å². The molecule has 1 heterocycles. The monoisotopic (exact) mass is 413 g/mol. The fourth-order valence-electron chi connectivity index (χ4n) is 2.18. The van der Waals surface area contributed by atoms with Gasteiger partial charge in [-0.15, -0.1) is 0 Å². The Hall–Kier alpha value is -1.86. The molecule has 0 bridgehead atoms. The van der Waals surface area contributed by atoms with Crippen molar-refractivity contribution in [3.05, 3.63) is 50.7 Å². The zero-order chi connectivity index (χ0) is 17.9. The standard InChI is InChI=1S/C16H17BrClN3O3/c1-9(11-4-6-12(17)7-5-11)19-13(22)8-24-16(23)14-10(2)20-21(3)15(14)18/h4-7,9H,8H2,1-3H3,(H,19,22). The topological polar surface area (TPSA) is 73.2 Å². The lowest BCUT2D eigenvalue weighted by Gasteiger charge is -2.14. The number of benzene rings is 1. The van der Waals surface area contributed by atoms with Crippen molar-refractivity contribution in [1.82, 2.24) is 15.1 Å². The van der Waals surface area contributed by atoms with Crippen molar-refractivity contribution >= 4 is 39.4 Å². The van der Waals surface area contributed by atoms with Crippen molar-refractivity contribution in [2.75, 3.05) is 6.61 Å². The van der Waals surface area contributed by atoms with E-state index >= 15 is 0 Å². The third-order valence-corrected chi connectivity index (χ3v) is 4.40. The van der Waals surface area contributed by atoms with Crippen LogP contribution >= 0.6 is 27.5 Å². The molecule has 1 aromatic heterocycles. The number of hydrogen-bond donors (Lipinski definition) is 1. The molecule has 1 N–H and O–H groups in total. The fourth-order valence-corrected chi connectivity index (χ4v) is 2.70. The zero-order valence-corrected chi connectivity index (χ0v) is 15.8. The van der Waals surface area contributed by atoms with Gasteiger partial charge in [0.15, 0.2) is 6.61 Å². The Kier molecular flexibility index (Phi) is 6.01. The number of esters is 1. The van der Waals surface area contributed by atoms with Crippen molar-refractivity contribution in [2.24, 2.45) is 7.05 Å². The zero-order valence-electron chi connectivity index (χ0n) is 13.5. The number of hydrogen-bond acceptors (Lipinski definition) is 4. The van der Waals surface area contributed by atoms with Gasteiger partial charge in [-0.1, -0.05) is 39.7 Å². The maximum absolute atomic E-state index is 12.1. The first-order valence-corrected chi connectivity index (χ1v) is 8.37. The average molecular weight is 415 g/mol. The van der Waals surface area contributed by atoms with Crippen molar-refractivity contribution < 1.29 is 14.3 Å². The maximum atomic E-state index is 12.1. The van der Waals surface area contributed by atoms with Gasteiger partial charge in [0.2, 0.25) is 0 Å². The van der Waals surface area contributed by atoms with Crippen LogP contribution in [0.15, 0.2) is 28.7 Å². The highest BCUT2D eigenvalue weighted by molar-refractivity contribution is 9.10. The first-order chi connectivity index (χ1) is 11.3. The summed E-state index contributed by atoms with van der Waals surface area (Å²) in [6, 6.07) is 7.39. The summed E-state index contributed by atoms with van der Waals surface area (Å²) in [6.45, 7) is 3.12. The molecular formula is C16H17BrClN3O3. The lowest BCUT2D eigenvalue weighted by molar-refractivity contribution is -0.124. The molecule has 0 aliphatic heterocycles. The van der Waals surface area contributed by atoms with Crippen molar-refractivity contribution in [3.8, 4) is 0 Å². The summed E-state index contributed by atoms with van der Waals surface area (Å²) < 4.78 is 7.36. The summed E-state index contributed by atoms with van der Waals surface area (Å²) in [4.78, 5) is 24.0. The Morgan fingerprint density at radius 1 is 1.38 bits per heavy atom. The number of halogens is 2. The van der Waals surface area contributed by atoms with Crippen LogP contribution in [-0.4, -0.2) is 28.3 Å². The van der Waals surface area contributed by atoms with E-state index in [4.69, 9.17) is 16.3 Å². The molecule has 128 valence electrons. The normalized spacial score (nSPS) is 11.9. The van der Waals surface area contributed by atoms with Crippen LogP contribution < -0.4 is 5.32 Å². The third-order valence-electron chi connectivity index (χ3n) is 3.44. The molecule has 2 aromatic rings. The van der Waals surface area contributed by atoms with Crippen LogP contribution in [0, 0.1) is 6.92 Å². The van der Waals surface area contributed by atoms with E-state index < -0.39 is 11.9 Å². The van der Waals surface area contributed by atoms with Crippen LogP contribution in [0.4, 0.5) is 0 Å². The second kappa shape index (κ2) is 7.81. The highest BCUT2D eigenvalue weighted by Crippen LogP contribution is 2.19. The summed E-state index contributed by atoms with van der Waals surface area (Å²) in [5, 5.41) is 6.99. The first kappa shape index (κ1) is 18.5. The summed E-state index contributed by atoms with van der Waals surface area (Å²) in [5.74, 6) is -1.06. The number of carbonyl (C=O) groups is 2. The molecular weight excluding hydrogens is 398 g/mol. The molecule has 1 unspecified atom stereocenters. The Bertz CT molecular complexity index is 759. The van der Waals surface area contributed by atoms with E-state index in [0.29, 0.717) is 5.69 Å². The first-order valence-electron chi connectivity index (χ1n) is 7.20. The lowest BCUT2D eigenvalue weighted by atomic mass is 10.1. The molecule has 0 radical (unpaired) electrons. The van der Waals surface area contributed by atoms with E-state index in [-0.39, 0.29) is 23.4 Å². The predicted octanol–water partition coefficient (Wildman–Crippen LogP) is 3.18. The minimum atomic E-state index is -0.669. The number of carbonyl (C=O) groups excluding carboxylic acids is 2. The summed E-state index contributed by atoms with van der Waals surface area (Å²) in [5.41, 5.74) is 1.58. The molecule has 0 aliphatic carbocycles. The van der Waals surface area contributed by atoms with E-state index in [9.17, 15) is 9.59 Å². The number of amides is 1. The highest BCUT2D eigenvalue weighted by atomic mass is 79.9. The van der Waals surface area contributed by atoms with Gasteiger partial charge in [-0.2, -0.15) is 5.10 Å². The molecule has 8 heteroatoms. The third kappa shape index (κ3) is 4.36. The molecule has 0 spiro atoms. The molecule has 1 aromatic carbocycles. The lowest BCUT2D eigenvalue weighted by Crippen LogP contribution is -2.31. The van der Waals surface area contributed by atoms with Gasteiger partial charge < -0.3 is 10.1 Å². The summed E-state index contributed by atoms with van der Waals surface area (Å²) in [7, 11) is 1.62. The Morgan fingerprint density at radius 3 is 2.54 bits per heavy atom. The van der Waals surface area contributed by atoms with Gasteiger partial charge in [0, 0.05) is 11.5 Å². The van der Waals surface area contributed by atoms with E-state index in [2.05, 4.69) is 26.3 Å². The number of ether oxygens (including phenoxy) is 1. The minimum absolute atomic E-state index is 0.174. The Labute approximate surface area is 153 Å². The largest absolute Gasteiger partial charge is 0.452 e. The summed E-state index contributed by atoms with van der Waals surface area (Å²) in [6.07, 6.45) is 0. The quantitative estimate of drug-likeness (QED) is 0.763. The Morgan fingerprint density at radius 2 is 2.00 bits per heavy atom. The minimum Gasteiger partial charge on any atom is -0.452 e. The average Bonchev–Trinajstić information content (AvgIpc) is 2.78. The molecule has 6 nitrogen and oxygen atoms in total. The van der Waals surface area contributed by atoms with Crippen LogP contribution in [0.2, 0.25) is 5.15 Å². The van der Waals surface area contributed by atoms with E-state index in [1.54, 1.807) is 14.0 Å². The predicted molar refractivity (Wildman–Crippen MR) is 93.9 cm³/mol. The van der Waals surface area contributed by atoms with Gasteiger partial charge in [-0.3, -0.25) is 9.48 Å². The van der Waals surface area contributed by atoms with Gasteiger partial charge in [-0.25, -0.2) is 4.79 Å². The van der Waals surface area contributed by atoms with Gasteiger partial charge >= 0.3 is 5.97 Å². The fraction of sp³-hybridized carbons (Fsp3) is 0.312. The second-order valence-electron chi connectivity index (χ2n) is 5.29. The van der Waals surface area contributed by atoms with Gasteiger partial charge in [-0.05, 0) is 31.5 Å². The SMILES string of the molecule is Cc1nn(C)c(Cl)c1C(=O)OCC(=O)NC(C)c1ccc(Br)cc1. The Balaban J connectivity index is 1.91. The molecule has 0 aliphatic rings. The second-order valence-corrected chi connectivity index (χ2v) is 6.57. The van der Waals surface area contributed by atoms with Crippen LogP contribution in [0.5, 0.6) is 0 Å². The van der Waals surface area contributed by atoms with E-state index in [1.165, 1.54) is 4.68 Å². The highest BCUT2D eigenvalue weighted by Gasteiger charge is 2.21. The van der Waals surface area contributed by atoms with Gasteiger partial charge in [0.1, 0.15) is 10.7 Å². The number of nitrogens with one attached hydrogen (secondary N) is 1. The molecule has 0 saturated carbocycles. The van der Waals surface area contributed by atoms with Crippen molar-refractivity contribution in [2.45, 2.75) is 19.9 Å². The van der Waals surface area contributed by atoms with E-state index in [0.717, 1.165) is 10.0 Å². The molecule has 2 rings (SSSR count). The molecule has 1 amide bonds. The maximum Gasteiger partial charge on any atom is 0.343 e. The van der Waals surface area contributed by atoms with E-state index in [1.807, 2.05) is 31.2 Å². The van der Waals surface area contributed by atoms with Crippen molar-refractivity contribution in [3.63, 3.8) is 0 Å². The van der Waals surface area contributed by atoms with Crippen LogP contribution in [0.25, 0.3) is 0 Å². The number of nitrogens with zero attached hydrogens (tertiary/aromatic N) is 2. The van der Waals surface area contributed by atoms with Crippen LogP contribution in [0.1, 0.15) is 34.6 Å². The number of rotatable bonds is 5.